The molecule has 0 saturated carbocycles. The first-order valence-electron chi connectivity index (χ1n) is 12.5. The third-order valence-electron chi connectivity index (χ3n) is 6.64. The van der Waals surface area contributed by atoms with Crippen molar-refractivity contribution in [3.63, 3.8) is 0 Å². The maximum absolute atomic E-state index is 13.0. The zero-order chi connectivity index (χ0) is 28.5. The molecule has 0 bridgehead atoms. The molecule has 2 N–H and O–H groups in total. The first-order chi connectivity index (χ1) is 19.9. The topological polar surface area (TPSA) is 94.6 Å². The molecule has 1 unspecified atom stereocenters. The molecule has 0 saturated heterocycles. The average molecular weight is 599 g/mol. The monoisotopic (exact) mass is 598 g/mol. The lowest BCUT2D eigenvalue weighted by Crippen LogP contribution is -2.21. The molecule has 202 valence electrons. The number of carbonyl (C=O) groups excluding carboxylic acids is 1. The molecule has 41 heavy (non-hydrogen) atoms. The van der Waals surface area contributed by atoms with Crippen LogP contribution in [0.1, 0.15) is 32.3 Å². The zero-order valence-electron chi connectivity index (χ0n) is 21.3. The fourth-order valence-electron chi connectivity index (χ4n) is 4.66. The smallest absolute Gasteiger partial charge is 0.355 e. The van der Waals surface area contributed by atoms with Crippen molar-refractivity contribution in [1.82, 2.24) is 0 Å². The summed E-state index contributed by atoms with van der Waals surface area (Å²) in [6.07, 6.45) is 0. The summed E-state index contributed by atoms with van der Waals surface area (Å²) < 4.78 is 18.1. The number of ether oxygens (including phenoxy) is 3. The largest absolute Gasteiger partial charge is 0.489 e. The Kier molecular flexibility index (Phi) is 7.29. The SMILES string of the molecule is N#CC1=C(N)Oc2cc(OC(=O)c3sc4cc(Cl)ccc4c3Cl)ccc2C1c1ccc(OCc2ccccc2)cc1. The van der Waals surface area contributed by atoms with Gasteiger partial charge in [-0.15, -0.1) is 11.3 Å². The summed E-state index contributed by atoms with van der Waals surface area (Å²) in [6, 6.07) is 29.8. The van der Waals surface area contributed by atoms with Crippen LogP contribution in [-0.4, -0.2) is 5.97 Å². The van der Waals surface area contributed by atoms with Crippen LogP contribution in [0.4, 0.5) is 0 Å². The van der Waals surface area contributed by atoms with E-state index in [0.29, 0.717) is 33.7 Å². The Hall–Kier alpha value is -4.48. The minimum absolute atomic E-state index is 0.0117. The summed E-state index contributed by atoms with van der Waals surface area (Å²) in [5.74, 6) is 0.241. The molecular formula is C32H20Cl2N2O4S. The van der Waals surface area contributed by atoms with Crippen molar-refractivity contribution in [2.45, 2.75) is 12.5 Å². The third-order valence-corrected chi connectivity index (χ3v) is 8.51. The Balaban J connectivity index is 1.25. The molecule has 0 amide bonds. The summed E-state index contributed by atoms with van der Waals surface area (Å²) >= 11 is 13.8. The van der Waals surface area contributed by atoms with E-state index in [9.17, 15) is 10.1 Å². The number of nitrogens with zero attached hydrogens (tertiary/aromatic N) is 1. The van der Waals surface area contributed by atoms with Gasteiger partial charge < -0.3 is 19.9 Å². The van der Waals surface area contributed by atoms with Gasteiger partial charge >= 0.3 is 5.97 Å². The summed E-state index contributed by atoms with van der Waals surface area (Å²) in [6.45, 7) is 0.443. The predicted molar refractivity (Wildman–Crippen MR) is 160 cm³/mol. The van der Waals surface area contributed by atoms with E-state index < -0.39 is 11.9 Å². The number of nitrogens with two attached hydrogens (primary N) is 1. The molecular weight excluding hydrogens is 579 g/mol. The summed E-state index contributed by atoms with van der Waals surface area (Å²) in [4.78, 5) is 13.3. The van der Waals surface area contributed by atoms with E-state index in [1.807, 2.05) is 54.6 Å². The fraction of sp³-hybridized carbons (Fsp3) is 0.0625. The van der Waals surface area contributed by atoms with Gasteiger partial charge in [-0.05, 0) is 41.5 Å². The van der Waals surface area contributed by atoms with Crippen LogP contribution in [0.25, 0.3) is 10.1 Å². The number of nitriles is 1. The van der Waals surface area contributed by atoms with Crippen LogP contribution in [0.5, 0.6) is 17.2 Å². The molecule has 1 atom stereocenters. The van der Waals surface area contributed by atoms with Gasteiger partial charge in [0, 0.05) is 26.7 Å². The number of rotatable bonds is 6. The molecule has 6 nitrogen and oxygen atoms in total. The van der Waals surface area contributed by atoms with E-state index in [-0.39, 0.29) is 22.1 Å². The normalized spacial score (nSPS) is 14.2. The lowest BCUT2D eigenvalue weighted by atomic mass is 9.83. The molecule has 1 aliphatic rings. The van der Waals surface area contributed by atoms with Gasteiger partial charge in [0.25, 0.3) is 0 Å². The minimum Gasteiger partial charge on any atom is -0.489 e. The molecule has 5 aromatic rings. The van der Waals surface area contributed by atoms with Crippen LogP contribution >= 0.6 is 34.5 Å². The maximum atomic E-state index is 13.0. The van der Waals surface area contributed by atoms with Crippen molar-refractivity contribution in [2.24, 2.45) is 5.73 Å². The highest BCUT2D eigenvalue weighted by Crippen LogP contribution is 2.44. The second-order valence-corrected chi connectivity index (χ2v) is 11.1. The highest BCUT2D eigenvalue weighted by Gasteiger charge is 2.31. The predicted octanol–water partition coefficient (Wildman–Crippen LogP) is 8.22. The Morgan fingerprint density at radius 1 is 0.976 bits per heavy atom. The number of esters is 1. The van der Waals surface area contributed by atoms with Gasteiger partial charge in [-0.3, -0.25) is 0 Å². The van der Waals surface area contributed by atoms with Gasteiger partial charge in [0.2, 0.25) is 5.88 Å². The van der Waals surface area contributed by atoms with Crippen molar-refractivity contribution >= 4 is 50.6 Å². The van der Waals surface area contributed by atoms with Crippen molar-refractivity contribution in [3.05, 3.63) is 134 Å². The lowest BCUT2D eigenvalue weighted by molar-refractivity contribution is 0.0740. The first-order valence-corrected chi connectivity index (χ1v) is 14.1. The lowest BCUT2D eigenvalue weighted by Gasteiger charge is -2.26. The summed E-state index contributed by atoms with van der Waals surface area (Å²) in [5.41, 5.74) is 9.06. The number of benzene rings is 4. The number of carbonyl (C=O) groups is 1. The Morgan fingerprint density at radius 2 is 1.73 bits per heavy atom. The average Bonchev–Trinajstić information content (AvgIpc) is 3.31. The third kappa shape index (κ3) is 5.33. The quantitative estimate of drug-likeness (QED) is 0.156. The number of halogens is 2. The number of allylic oxidation sites excluding steroid dienone is 1. The first kappa shape index (κ1) is 26.7. The maximum Gasteiger partial charge on any atom is 0.355 e. The molecule has 0 aliphatic carbocycles. The Labute approximate surface area is 249 Å². The molecule has 1 aliphatic heterocycles. The number of thiophene rings is 1. The molecule has 2 heterocycles. The molecule has 9 heteroatoms. The van der Waals surface area contributed by atoms with Crippen LogP contribution in [0.3, 0.4) is 0 Å². The van der Waals surface area contributed by atoms with Crippen molar-refractivity contribution < 1.29 is 19.0 Å². The van der Waals surface area contributed by atoms with Crippen LogP contribution < -0.4 is 19.9 Å². The second kappa shape index (κ2) is 11.2. The number of hydrogen-bond donors (Lipinski definition) is 1. The van der Waals surface area contributed by atoms with Gasteiger partial charge in [0.1, 0.15) is 40.4 Å². The highest BCUT2D eigenvalue weighted by molar-refractivity contribution is 7.21. The number of hydrogen-bond acceptors (Lipinski definition) is 7. The molecule has 0 radical (unpaired) electrons. The van der Waals surface area contributed by atoms with Crippen LogP contribution in [0, 0.1) is 11.3 Å². The Bertz CT molecular complexity index is 1860. The van der Waals surface area contributed by atoms with E-state index in [1.54, 1.807) is 36.4 Å². The molecule has 4 aromatic carbocycles. The minimum atomic E-state index is -0.605. The highest BCUT2D eigenvalue weighted by atomic mass is 35.5. The second-order valence-electron chi connectivity index (χ2n) is 9.24. The van der Waals surface area contributed by atoms with Crippen LogP contribution in [0.2, 0.25) is 10.0 Å². The van der Waals surface area contributed by atoms with E-state index >= 15 is 0 Å². The Morgan fingerprint density at radius 3 is 2.49 bits per heavy atom. The van der Waals surface area contributed by atoms with Gasteiger partial charge in [-0.1, -0.05) is 77.8 Å². The van der Waals surface area contributed by atoms with Gasteiger partial charge in [-0.2, -0.15) is 5.26 Å². The van der Waals surface area contributed by atoms with E-state index in [4.69, 9.17) is 43.1 Å². The molecule has 0 spiro atoms. The zero-order valence-corrected chi connectivity index (χ0v) is 23.6. The van der Waals surface area contributed by atoms with Crippen LogP contribution in [-0.2, 0) is 6.61 Å². The van der Waals surface area contributed by atoms with Crippen molar-refractivity contribution in [3.8, 4) is 23.3 Å². The van der Waals surface area contributed by atoms with Crippen LogP contribution in [0.15, 0.2) is 102 Å². The molecule has 0 fully saturated rings. The summed E-state index contributed by atoms with van der Waals surface area (Å²) in [5, 5.41) is 11.5. The van der Waals surface area contributed by atoms with E-state index in [1.165, 1.54) is 11.3 Å². The number of fused-ring (bicyclic) bond motifs is 2. The van der Waals surface area contributed by atoms with Crippen molar-refractivity contribution in [2.75, 3.05) is 0 Å². The molecule has 6 rings (SSSR count). The fourth-order valence-corrected chi connectivity index (χ4v) is 6.32. The van der Waals surface area contributed by atoms with Gasteiger partial charge in [0.05, 0.1) is 10.9 Å². The molecule has 1 aromatic heterocycles. The van der Waals surface area contributed by atoms with E-state index in [2.05, 4.69) is 6.07 Å². The van der Waals surface area contributed by atoms with Gasteiger partial charge in [0.15, 0.2) is 0 Å². The van der Waals surface area contributed by atoms with E-state index in [0.717, 1.165) is 21.2 Å². The standard InChI is InChI=1S/C32H20Cl2N2O4S/c33-20-8-12-24-27(14-20)41-30(29(24)34)32(37)39-22-11-13-23-26(15-22)40-31(36)25(16-35)28(23)19-6-9-21(10-7-19)38-17-18-4-2-1-3-5-18/h1-15,28H,17,36H2. The van der Waals surface area contributed by atoms with Crippen molar-refractivity contribution in [1.29, 1.82) is 5.26 Å². The van der Waals surface area contributed by atoms with Gasteiger partial charge in [-0.25, -0.2) is 4.79 Å². The summed E-state index contributed by atoms with van der Waals surface area (Å²) in [7, 11) is 0.